The second-order valence-electron chi connectivity index (χ2n) is 12.2. The minimum atomic E-state index is -3.83. The topological polar surface area (TPSA) is 117 Å². The number of alkyl carbamates (subject to hydrolysis) is 1. The van der Waals surface area contributed by atoms with Gasteiger partial charge >= 0.3 is 6.09 Å². The fraction of sp³-hybridized carbons (Fsp3) is 0.412. The van der Waals surface area contributed by atoms with E-state index in [4.69, 9.17) is 4.74 Å². The van der Waals surface area contributed by atoms with Crippen molar-refractivity contribution in [2.24, 2.45) is 5.92 Å². The summed E-state index contributed by atoms with van der Waals surface area (Å²) in [5, 5.41) is 8.41. The molecule has 258 valence electrons. The largest absolute Gasteiger partial charge is 0.453 e. The number of ether oxygens (including phenoxy) is 1. The van der Waals surface area contributed by atoms with Crippen molar-refractivity contribution in [3.05, 3.63) is 102 Å². The number of nitrogens with one attached hydrogen (secondary N) is 3. The van der Waals surface area contributed by atoms with Crippen molar-refractivity contribution in [2.45, 2.75) is 60.5 Å². The average Bonchev–Trinajstić information content (AvgIpc) is 3.37. The summed E-state index contributed by atoms with van der Waals surface area (Å²) < 4.78 is 90.7. The Labute approximate surface area is 277 Å². The second-order valence-corrected chi connectivity index (χ2v) is 14.1. The van der Waals surface area contributed by atoms with Crippen molar-refractivity contribution in [3.8, 4) is 0 Å². The molecule has 1 aliphatic heterocycles. The molecule has 3 aromatic rings. The van der Waals surface area contributed by atoms with Crippen LogP contribution in [0.25, 0.3) is 0 Å². The van der Waals surface area contributed by atoms with Gasteiger partial charge in [-0.3, -0.25) is 4.79 Å². The van der Waals surface area contributed by atoms with Gasteiger partial charge in [0.2, 0.25) is 15.9 Å². The van der Waals surface area contributed by atoms with Crippen LogP contribution in [0.3, 0.4) is 0 Å². The van der Waals surface area contributed by atoms with E-state index < -0.39 is 82.4 Å². The van der Waals surface area contributed by atoms with Gasteiger partial charge < -0.3 is 20.7 Å². The van der Waals surface area contributed by atoms with E-state index in [9.17, 15) is 35.6 Å². The van der Waals surface area contributed by atoms with Gasteiger partial charge in [0.05, 0.1) is 12.0 Å². The molecule has 0 radical (unpaired) electrons. The van der Waals surface area contributed by atoms with Crippen LogP contribution in [-0.4, -0.2) is 75.5 Å². The molecular weight excluding hydrogens is 652 g/mol. The zero-order chi connectivity index (χ0) is 34.5. The number of hydrogen-bond donors (Lipinski definition) is 3. The zero-order valence-corrected chi connectivity index (χ0v) is 27.1. The van der Waals surface area contributed by atoms with E-state index in [0.29, 0.717) is 24.2 Å². The van der Waals surface area contributed by atoms with Crippen molar-refractivity contribution in [1.82, 2.24) is 20.3 Å². The third-order valence-electron chi connectivity index (χ3n) is 9.03. The van der Waals surface area contributed by atoms with Crippen LogP contribution >= 0.6 is 0 Å². The molecular formula is C34H38F4N4O5S. The van der Waals surface area contributed by atoms with Gasteiger partial charge in [-0.2, -0.15) is 4.31 Å². The van der Waals surface area contributed by atoms with E-state index in [1.807, 2.05) is 0 Å². The van der Waals surface area contributed by atoms with E-state index >= 15 is 0 Å². The van der Waals surface area contributed by atoms with Crippen LogP contribution in [0.5, 0.6) is 0 Å². The van der Waals surface area contributed by atoms with Gasteiger partial charge in [-0.1, -0.05) is 42.5 Å². The minimum absolute atomic E-state index is 0.149. The number of sulfonamides is 1. The predicted octanol–water partition coefficient (Wildman–Crippen LogP) is 4.79. The van der Waals surface area contributed by atoms with Crippen molar-refractivity contribution >= 4 is 22.0 Å². The molecule has 2 aliphatic rings. The van der Waals surface area contributed by atoms with Crippen LogP contribution in [0, 0.1) is 17.6 Å². The number of benzene rings is 3. The first kappa shape index (κ1) is 35.3. The lowest BCUT2D eigenvalue weighted by Gasteiger charge is -2.36. The predicted molar refractivity (Wildman–Crippen MR) is 170 cm³/mol. The highest BCUT2D eigenvalue weighted by Crippen LogP contribution is 2.42. The summed E-state index contributed by atoms with van der Waals surface area (Å²) in [5.41, 5.74) is 0.801. The third kappa shape index (κ3) is 8.34. The summed E-state index contributed by atoms with van der Waals surface area (Å²) >= 11 is 0. The molecule has 0 aromatic heterocycles. The molecule has 5 rings (SSSR count). The van der Waals surface area contributed by atoms with Crippen LogP contribution in [0.1, 0.15) is 42.7 Å². The van der Waals surface area contributed by atoms with Crippen molar-refractivity contribution in [1.29, 1.82) is 0 Å². The lowest BCUT2D eigenvalue weighted by atomic mass is 9.84. The van der Waals surface area contributed by atoms with E-state index in [0.717, 1.165) is 7.11 Å². The Bertz CT molecular complexity index is 1620. The van der Waals surface area contributed by atoms with Gasteiger partial charge in [0, 0.05) is 50.5 Å². The maximum Gasteiger partial charge on any atom is 0.407 e. The molecule has 0 spiro atoms. The summed E-state index contributed by atoms with van der Waals surface area (Å²) in [6.45, 7) is 1.01. The Hall–Kier alpha value is -4.01. The standard InChI is InChI=1S/C34H38F4N4O5S/c1-47-33(44)41-31(30(22-7-12-25(35)13-8-22)23-9-14-26(36)15-10-23)32(43)40-29-20-34(37,38)19-24(29)11-16-27-21-39-17-18-42(27)48(45,46)28-5-3-2-4-6-28/h2-10,12-15,24,27,29-31,39H,11,16-21H2,1H3,(H,40,43)(H,41,44)/t24?,27-,29?,31?/m0/s1. The molecule has 2 fully saturated rings. The van der Waals surface area contributed by atoms with Gasteiger partial charge in [0.1, 0.15) is 17.7 Å². The Morgan fingerprint density at radius 1 is 0.938 bits per heavy atom. The summed E-state index contributed by atoms with van der Waals surface area (Å²) in [6.07, 6.45) is -1.67. The first-order valence-corrected chi connectivity index (χ1v) is 17.1. The first-order chi connectivity index (χ1) is 22.9. The van der Waals surface area contributed by atoms with E-state index in [1.54, 1.807) is 18.2 Å². The Morgan fingerprint density at radius 3 is 2.12 bits per heavy atom. The molecule has 1 aliphatic carbocycles. The molecule has 4 atom stereocenters. The summed E-state index contributed by atoms with van der Waals surface area (Å²) in [5.74, 6) is -6.66. The van der Waals surface area contributed by atoms with E-state index in [2.05, 4.69) is 16.0 Å². The molecule has 3 aromatic carbocycles. The van der Waals surface area contributed by atoms with Crippen LogP contribution in [-0.2, 0) is 19.6 Å². The molecule has 1 saturated carbocycles. The van der Waals surface area contributed by atoms with Crippen LogP contribution in [0.15, 0.2) is 83.8 Å². The molecule has 9 nitrogen and oxygen atoms in total. The normalized spacial score (nSPS) is 21.8. The Kier molecular flexibility index (Phi) is 11.1. The molecule has 48 heavy (non-hydrogen) atoms. The number of rotatable bonds is 11. The van der Waals surface area contributed by atoms with E-state index in [-0.39, 0.29) is 24.3 Å². The fourth-order valence-electron chi connectivity index (χ4n) is 6.69. The van der Waals surface area contributed by atoms with Crippen LogP contribution < -0.4 is 16.0 Å². The third-order valence-corrected chi connectivity index (χ3v) is 11.0. The summed E-state index contributed by atoms with van der Waals surface area (Å²) in [7, 11) is -2.73. The monoisotopic (exact) mass is 690 g/mol. The highest BCUT2D eigenvalue weighted by atomic mass is 32.2. The van der Waals surface area contributed by atoms with Gasteiger partial charge in [0.25, 0.3) is 5.92 Å². The Balaban J connectivity index is 1.38. The number of alkyl halides is 2. The maximum atomic E-state index is 14.9. The molecule has 14 heteroatoms. The average molecular weight is 691 g/mol. The number of piperazine rings is 1. The van der Waals surface area contributed by atoms with E-state index in [1.165, 1.54) is 65.0 Å². The minimum Gasteiger partial charge on any atom is -0.453 e. The zero-order valence-electron chi connectivity index (χ0n) is 26.3. The van der Waals surface area contributed by atoms with Gasteiger partial charge in [0.15, 0.2) is 0 Å². The molecule has 2 amide bonds. The van der Waals surface area contributed by atoms with Gasteiger partial charge in [-0.15, -0.1) is 0 Å². The first-order valence-electron chi connectivity index (χ1n) is 15.7. The number of methoxy groups -OCH3 is 1. The fourth-order valence-corrected chi connectivity index (χ4v) is 8.36. The number of amides is 2. The number of nitrogens with zero attached hydrogens (tertiary/aromatic N) is 1. The lowest BCUT2D eigenvalue weighted by Crippen LogP contribution is -2.54. The van der Waals surface area contributed by atoms with Gasteiger partial charge in [-0.25, -0.2) is 30.8 Å². The maximum absolute atomic E-state index is 14.9. The molecule has 0 bridgehead atoms. The molecule has 3 unspecified atom stereocenters. The van der Waals surface area contributed by atoms with Crippen molar-refractivity contribution < 1.29 is 40.3 Å². The summed E-state index contributed by atoms with van der Waals surface area (Å²) in [6, 6.07) is 15.5. The smallest absolute Gasteiger partial charge is 0.407 e. The molecule has 3 N–H and O–H groups in total. The number of hydrogen-bond acceptors (Lipinski definition) is 6. The van der Waals surface area contributed by atoms with Crippen LogP contribution in [0.4, 0.5) is 22.4 Å². The number of carbonyl (C=O) groups is 2. The lowest BCUT2D eigenvalue weighted by molar-refractivity contribution is -0.124. The quantitative estimate of drug-likeness (QED) is 0.249. The molecule has 1 saturated heterocycles. The highest BCUT2D eigenvalue weighted by molar-refractivity contribution is 7.89. The molecule has 1 heterocycles. The summed E-state index contributed by atoms with van der Waals surface area (Å²) in [4.78, 5) is 26.6. The Morgan fingerprint density at radius 2 is 1.54 bits per heavy atom. The van der Waals surface area contributed by atoms with Gasteiger partial charge in [-0.05, 0) is 66.3 Å². The number of halogens is 4. The second kappa shape index (κ2) is 15.0. The van der Waals surface area contributed by atoms with Crippen molar-refractivity contribution in [3.63, 3.8) is 0 Å². The SMILES string of the molecule is COC(=O)NC(C(=O)NC1CC(F)(F)CC1CC[C@H]1CNCCN1S(=O)(=O)c1ccccc1)C(c1ccc(F)cc1)c1ccc(F)cc1. The highest BCUT2D eigenvalue weighted by Gasteiger charge is 2.48. The number of carbonyl (C=O) groups excluding carboxylic acids is 2. The van der Waals surface area contributed by atoms with Crippen molar-refractivity contribution in [2.75, 3.05) is 26.7 Å². The van der Waals surface area contributed by atoms with Crippen LogP contribution in [0.2, 0.25) is 0 Å².